The first-order valence-corrected chi connectivity index (χ1v) is 7.61. The lowest BCUT2D eigenvalue weighted by atomic mass is 9.93. The Morgan fingerprint density at radius 3 is 3.00 bits per heavy atom. The molecular weight excluding hydrogens is 278 g/mol. The van der Waals surface area contributed by atoms with E-state index in [-0.39, 0.29) is 12.3 Å². The molecular formula is C14H19NO4S. The summed E-state index contributed by atoms with van der Waals surface area (Å²) in [5.74, 6) is 0.262. The van der Waals surface area contributed by atoms with E-state index in [1.165, 1.54) is 11.3 Å². The minimum Gasteiger partial charge on any atom is -0.496 e. The van der Waals surface area contributed by atoms with Gasteiger partial charge in [-0.3, -0.25) is 9.59 Å². The van der Waals surface area contributed by atoms with Crippen molar-refractivity contribution in [2.24, 2.45) is 5.92 Å². The highest BCUT2D eigenvalue weighted by atomic mass is 32.1. The average Bonchev–Trinajstić information content (AvgIpc) is 2.93. The summed E-state index contributed by atoms with van der Waals surface area (Å²) >= 11 is 1.39. The van der Waals surface area contributed by atoms with Crippen LogP contribution in [0, 0.1) is 5.92 Å². The van der Waals surface area contributed by atoms with Gasteiger partial charge in [0.05, 0.1) is 12.0 Å². The van der Waals surface area contributed by atoms with E-state index in [1.807, 2.05) is 10.3 Å². The van der Waals surface area contributed by atoms with Crippen LogP contribution in [0.25, 0.3) is 0 Å². The van der Waals surface area contributed by atoms with Gasteiger partial charge in [-0.05, 0) is 25.2 Å². The zero-order valence-electron chi connectivity index (χ0n) is 11.5. The second kappa shape index (κ2) is 6.74. The summed E-state index contributed by atoms with van der Waals surface area (Å²) < 4.78 is 5.09. The van der Waals surface area contributed by atoms with E-state index in [0.717, 1.165) is 19.4 Å². The Morgan fingerprint density at radius 1 is 1.55 bits per heavy atom. The molecule has 2 rings (SSSR count). The highest BCUT2D eigenvalue weighted by Crippen LogP contribution is 2.26. The fraction of sp³-hybridized carbons (Fsp3) is 0.571. The number of hydrogen-bond acceptors (Lipinski definition) is 4. The summed E-state index contributed by atoms with van der Waals surface area (Å²) in [7, 11) is 1.58. The molecule has 5 nitrogen and oxygen atoms in total. The Bertz CT molecular complexity index is 485. The molecule has 110 valence electrons. The van der Waals surface area contributed by atoms with Crippen LogP contribution in [0.5, 0.6) is 5.75 Å². The van der Waals surface area contributed by atoms with Crippen molar-refractivity contribution in [1.82, 2.24) is 4.90 Å². The molecule has 0 aliphatic carbocycles. The minimum absolute atomic E-state index is 0.0262. The molecule has 1 saturated heterocycles. The van der Waals surface area contributed by atoms with Crippen molar-refractivity contribution in [1.29, 1.82) is 0 Å². The van der Waals surface area contributed by atoms with Gasteiger partial charge < -0.3 is 14.7 Å². The fourth-order valence-corrected chi connectivity index (χ4v) is 3.33. The van der Waals surface area contributed by atoms with Gasteiger partial charge in [0.15, 0.2) is 0 Å². The molecule has 0 saturated carbocycles. The average molecular weight is 297 g/mol. The van der Waals surface area contributed by atoms with Crippen LogP contribution < -0.4 is 4.74 Å². The summed E-state index contributed by atoms with van der Waals surface area (Å²) in [5, 5.41) is 10.6. The summed E-state index contributed by atoms with van der Waals surface area (Å²) in [6.07, 6.45) is 2.77. The van der Waals surface area contributed by atoms with Crippen molar-refractivity contribution < 1.29 is 19.4 Å². The lowest BCUT2D eigenvalue weighted by Crippen LogP contribution is -2.39. The molecule has 0 radical (unpaired) electrons. The molecule has 1 fully saturated rings. The molecule has 1 aromatic heterocycles. The number of likely N-dealkylation sites (tertiary alicyclic amines) is 1. The van der Waals surface area contributed by atoms with E-state index in [9.17, 15) is 9.59 Å². The number of thiophene rings is 1. The Labute approximate surface area is 122 Å². The van der Waals surface area contributed by atoms with E-state index in [2.05, 4.69) is 0 Å². The third-order valence-electron chi connectivity index (χ3n) is 3.59. The molecule has 1 N–H and O–H groups in total. The lowest BCUT2D eigenvalue weighted by molar-refractivity contribution is -0.137. The molecule has 0 spiro atoms. The molecule has 0 aromatic carbocycles. The number of methoxy groups -OCH3 is 1. The summed E-state index contributed by atoms with van der Waals surface area (Å²) in [5.41, 5.74) is 0. The van der Waals surface area contributed by atoms with Crippen LogP contribution in [-0.4, -0.2) is 42.1 Å². The number of aliphatic carboxylic acids is 1. The Kier molecular flexibility index (Phi) is 5.00. The molecule has 20 heavy (non-hydrogen) atoms. The van der Waals surface area contributed by atoms with Crippen molar-refractivity contribution >= 4 is 23.2 Å². The largest absolute Gasteiger partial charge is 0.496 e. The maximum Gasteiger partial charge on any atom is 0.303 e. The van der Waals surface area contributed by atoms with Crippen LogP contribution in [0.2, 0.25) is 0 Å². The van der Waals surface area contributed by atoms with Crippen molar-refractivity contribution in [3.63, 3.8) is 0 Å². The number of carboxylic acid groups (broad SMARTS) is 1. The van der Waals surface area contributed by atoms with E-state index in [1.54, 1.807) is 13.2 Å². The number of nitrogens with zero attached hydrogens (tertiary/aromatic N) is 1. The Hall–Kier alpha value is -1.56. The normalized spacial score (nSPS) is 18.9. The van der Waals surface area contributed by atoms with Crippen LogP contribution in [0.1, 0.15) is 35.4 Å². The van der Waals surface area contributed by atoms with E-state index < -0.39 is 5.97 Å². The van der Waals surface area contributed by atoms with Crippen LogP contribution in [0.15, 0.2) is 11.4 Å². The van der Waals surface area contributed by atoms with Gasteiger partial charge >= 0.3 is 5.97 Å². The first kappa shape index (κ1) is 14.8. The van der Waals surface area contributed by atoms with Gasteiger partial charge in [-0.15, -0.1) is 11.3 Å². The van der Waals surface area contributed by atoms with Crippen molar-refractivity contribution in [2.45, 2.75) is 25.7 Å². The molecule has 1 atom stereocenters. The number of carboxylic acids is 1. The van der Waals surface area contributed by atoms with Gasteiger partial charge in [-0.25, -0.2) is 0 Å². The van der Waals surface area contributed by atoms with Crippen LogP contribution in [0.3, 0.4) is 0 Å². The van der Waals surface area contributed by atoms with Crippen molar-refractivity contribution in [3.05, 3.63) is 16.3 Å². The van der Waals surface area contributed by atoms with E-state index in [0.29, 0.717) is 29.5 Å². The summed E-state index contributed by atoms with van der Waals surface area (Å²) in [6.45, 7) is 1.41. The second-order valence-corrected chi connectivity index (χ2v) is 5.95. The summed E-state index contributed by atoms with van der Waals surface area (Å²) in [4.78, 5) is 25.5. The highest BCUT2D eigenvalue weighted by Gasteiger charge is 2.25. The van der Waals surface area contributed by atoms with Crippen molar-refractivity contribution in [2.75, 3.05) is 20.2 Å². The maximum atomic E-state index is 12.4. The number of amides is 1. The summed E-state index contributed by atoms with van der Waals surface area (Å²) in [6, 6.07) is 1.76. The monoisotopic (exact) mass is 297 g/mol. The second-order valence-electron chi connectivity index (χ2n) is 5.04. The fourth-order valence-electron chi connectivity index (χ4n) is 2.51. The van der Waals surface area contributed by atoms with E-state index in [4.69, 9.17) is 9.84 Å². The number of hydrogen-bond donors (Lipinski definition) is 1. The number of rotatable bonds is 5. The number of piperidine rings is 1. The maximum absolute atomic E-state index is 12.4. The van der Waals surface area contributed by atoms with Gasteiger partial charge in [-0.2, -0.15) is 0 Å². The lowest BCUT2D eigenvalue weighted by Gasteiger charge is -2.32. The molecule has 0 bridgehead atoms. The molecule has 2 heterocycles. The van der Waals surface area contributed by atoms with Crippen LogP contribution in [-0.2, 0) is 4.79 Å². The predicted octanol–water partition coefficient (Wildman–Crippen LogP) is 2.47. The zero-order chi connectivity index (χ0) is 14.5. The molecule has 1 aliphatic rings. The molecule has 1 unspecified atom stereocenters. The van der Waals surface area contributed by atoms with Gasteiger partial charge in [0.1, 0.15) is 5.75 Å². The topological polar surface area (TPSA) is 66.8 Å². The number of carbonyl (C=O) groups is 2. The smallest absolute Gasteiger partial charge is 0.303 e. The third-order valence-corrected chi connectivity index (χ3v) is 4.49. The Balaban J connectivity index is 1.94. The van der Waals surface area contributed by atoms with Gasteiger partial charge in [0.2, 0.25) is 0 Å². The molecule has 1 aromatic rings. The van der Waals surface area contributed by atoms with Gasteiger partial charge in [0.25, 0.3) is 5.91 Å². The molecule has 1 aliphatic heterocycles. The third kappa shape index (κ3) is 3.72. The van der Waals surface area contributed by atoms with Crippen LogP contribution in [0.4, 0.5) is 0 Å². The number of ether oxygens (including phenoxy) is 1. The van der Waals surface area contributed by atoms with Crippen LogP contribution >= 0.6 is 11.3 Å². The number of carbonyl (C=O) groups excluding carboxylic acids is 1. The van der Waals surface area contributed by atoms with Crippen molar-refractivity contribution in [3.8, 4) is 5.75 Å². The first-order valence-electron chi connectivity index (χ1n) is 6.73. The SMILES string of the molecule is COc1csc(C(=O)N2CCCC(CCC(=O)O)C2)c1. The minimum atomic E-state index is -0.767. The zero-order valence-corrected chi connectivity index (χ0v) is 12.3. The highest BCUT2D eigenvalue weighted by molar-refractivity contribution is 7.12. The predicted molar refractivity (Wildman–Crippen MR) is 76.4 cm³/mol. The quantitative estimate of drug-likeness (QED) is 0.906. The Morgan fingerprint density at radius 2 is 2.35 bits per heavy atom. The molecule has 6 heteroatoms. The van der Waals surface area contributed by atoms with E-state index >= 15 is 0 Å². The standard InChI is InChI=1S/C14H19NO4S/c1-19-11-7-12(20-9-11)14(18)15-6-2-3-10(8-15)4-5-13(16)17/h7,9-10H,2-6,8H2,1H3,(H,16,17). The first-order chi connectivity index (χ1) is 9.60. The van der Waals surface area contributed by atoms with Gasteiger partial charge in [-0.1, -0.05) is 0 Å². The van der Waals surface area contributed by atoms with Gasteiger partial charge in [0, 0.05) is 31.0 Å². The molecule has 1 amide bonds.